The van der Waals surface area contributed by atoms with E-state index in [2.05, 4.69) is 4.99 Å². The molecule has 22 heavy (non-hydrogen) atoms. The summed E-state index contributed by atoms with van der Waals surface area (Å²) < 4.78 is 5.25. The standard InChI is InChI=1S/C17H23N3O2/c1-12(22-5)9-16-18-15(17(21)20(16)4)11-13-7-6-8-14(10-13)19(2)3/h6-8,10-12H,9H2,1-5H3/b15-11-. The van der Waals surface area contributed by atoms with Gasteiger partial charge >= 0.3 is 0 Å². The fraction of sp³-hybridized carbons (Fsp3) is 0.412. The summed E-state index contributed by atoms with van der Waals surface area (Å²) in [5.41, 5.74) is 2.52. The van der Waals surface area contributed by atoms with Gasteiger partial charge in [-0.3, -0.25) is 9.69 Å². The van der Waals surface area contributed by atoms with Crippen molar-refractivity contribution in [3.63, 3.8) is 0 Å². The van der Waals surface area contributed by atoms with Crippen molar-refractivity contribution in [2.24, 2.45) is 4.99 Å². The first-order valence-corrected chi connectivity index (χ1v) is 7.30. The Hall–Kier alpha value is -2.14. The predicted molar refractivity (Wildman–Crippen MR) is 90.0 cm³/mol. The van der Waals surface area contributed by atoms with E-state index in [1.807, 2.05) is 56.3 Å². The molecule has 1 aromatic carbocycles. The lowest BCUT2D eigenvalue weighted by molar-refractivity contribution is -0.121. The van der Waals surface area contributed by atoms with Crippen molar-refractivity contribution in [3.05, 3.63) is 35.5 Å². The highest BCUT2D eigenvalue weighted by molar-refractivity contribution is 6.14. The topological polar surface area (TPSA) is 45.1 Å². The molecule has 1 unspecified atom stereocenters. The van der Waals surface area contributed by atoms with Gasteiger partial charge in [0.15, 0.2) is 0 Å². The second kappa shape index (κ2) is 6.75. The van der Waals surface area contributed by atoms with Crippen molar-refractivity contribution in [3.8, 4) is 0 Å². The summed E-state index contributed by atoms with van der Waals surface area (Å²) in [7, 11) is 7.39. The number of amidine groups is 1. The molecule has 1 aromatic rings. The molecule has 5 nitrogen and oxygen atoms in total. The van der Waals surface area contributed by atoms with Crippen molar-refractivity contribution < 1.29 is 9.53 Å². The number of anilines is 1. The Morgan fingerprint density at radius 3 is 2.77 bits per heavy atom. The molecule has 0 aliphatic carbocycles. The van der Waals surface area contributed by atoms with E-state index < -0.39 is 0 Å². The van der Waals surface area contributed by atoms with E-state index in [9.17, 15) is 4.79 Å². The van der Waals surface area contributed by atoms with Crippen LogP contribution >= 0.6 is 0 Å². The number of hydrogen-bond donors (Lipinski definition) is 0. The van der Waals surface area contributed by atoms with Crippen molar-refractivity contribution in [2.45, 2.75) is 19.4 Å². The first kappa shape index (κ1) is 16.2. The lowest BCUT2D eigenvalue weighted by Crippen LogP contribution is -2.30. The molecule has 5 heteroatoms. The Bertz CT molecular complexity index is 620. The van der Waals surface area contributed by atoms with Gasteiger partial charge in [0.1, 0.15) is 11.5 Å². The molecule has 1 atom stereocenters. The number of hydrogen-bond acceptors (Lipinski definition) is 4. The van der Waals surface area contributed by atoms with Crippen LogP contribution in [0.15, 0.2) is 35.0 Å². The highest BCUT2D eigenvalue weighted by Crippen LogP contribution is 2.21. The van der Waals surface area contributed by atoms with Crippen LogP contribution in [0.25, 0.3) is 6.08 Å². The summed E-state index contributed by atoms with van der Waals surface area (Å²) in [6.07, 6.45) is 2.48. The summed E-state index contributed by atoms with van der Waals surface area (Å²) in [5.74, 6) is 0.669. The summed E-state index contributed by atoms with van der Waals surface area (Å²) >= 11 is 0. The third kappa shape index (κ3) is 3.54. The highest BCUT2D eigenvalue weighted by Gasteiger charge is 2.27. The maximum atomic E-state index is 12.3. The molecule has 0 spiro atoms. The summed E-state index contributed by atoms with van der Waals surface area (Å²) in [5, 5.41) is 0. The number of benzene rings is 1. The monoisotopic (exact) mass is 301 g/mol. The molecular formula is C17H23N3O2. The van der Waals surface area contributed by atoms with Crippen molar-refractivity contribution in [1.29, 1.82) is 0 Å². The van der Waals surface area contributed by atoms with Gasteiger partial charge in [0, 0.05) is 40.4 Å². The lowest BCUT2D eigenvalue weighted by Gasteiger charge is -2.14. The quantitative estimate of drug-likeness (QED) is 0.784. The molecule has 0 aromatic heterocycles. The number of rotatable bonds is 5. The minimum Gasteiger partial charge on any atom is -0.381 e. The Labute approximate surface area is 131 Å². The highest BCUT2D eigenvalue weighted by atomic mass is 16.5. The number of methoxy groups -OCH3 is 1. The molecule has 0 fully saturated rings. The van der Waals surface area contributed by atoms with Gasteiger partial charge in [-0.1, -0.05) is 12.1 Å². The van der Waals surface area contributed by atoms with Gasteiger partial charge in [-0.05, 0) is 30.7 Å². The number of ether oxygens (including phenoxy) is 1. The van der Waals surface area contributed by atoms with Gasteiger partial charge in [-0.25, -0.2) is 4.99 Å². The molecule has 1 aliphatic heterocycles. The fourth-order valence-electron chi connectivity index (χ4n) is 2.22. The summed E-state index contributed by atoms with van der Waals surface area (Å²) in [6, 6.07) is 8.01. The minimum absolute atomic E-state index is 0.0328. The molecule has 0 N–H and O–H groups in total. The van der Waals surface area contributed by atoms with E-state index in [4.69, 9.17) is 4.74 Å². The molecule has 0 saturated heterocycles. The van der Waals surface area contributed by atoms with E-state index in [-0.39, 0.29) is 12.0 Å². The van der Waals surface area contributed by atoms with Crippen molar-refractivity contribution in [1.82, 2.24) is 4.90 Å². The third-order valence-corrected chi connectivity index (χ3v) is 3.72. The lowest BCUT2D eigenvalue weighted by atomic mass is 10.1. The van der Waals surface area contributed by atoms with Crippen LogP contribution in [0.2, 0.25) is 0 Å². The Kier molecular flexibility index (Phi) is 4.98. The molecule has 2 rings (SSSR count). The fourth-order valence-corrected chi connectivity index (χ4v) is 2.22. The Morgan fingerprint density at radius 2 is 2.14 bits per heavy atom. The Balaban J connectivity index is 2.27. The van der Waals surface area contributed by atoms with E-state index in [1.54, 1.807) is 19.1 Å². The molecule has 1 heterocycles. The van der Waals surface area contributed by atoms with Crippen LogP contribution in [0, 0.1) is 0 Å². The average Bonchev–Trinajstić information content (AvgIpc) is 2.75. The van der Waals surface area contributed by atoms with Crippen LogP contribution < -0.4 is 4.90 Å². The minimum atomic E-state index is -0.0754. The van der Waals surface area contributed by atoms with Gasteiger partial charge in [0.05, 0.1) is 6.10 Å². The largest absolute Gasteiger partial charge is 0.381 e. The van der Waals surface area contributed by atoms with Gasteiger partial charge in [-0.15, -0.1) is 0 Å². The van der Waals surface area contributed by atoms with Crippen LogP contribution in [0.5, 0.6) is 0 Å². The normalized spacial score (nSPS) is 17.9. The first-order valence-electron chi connectivity index (χ1n) is 7.30. The molecular weight excluding hydrogens is 278 g/mol. The molecule has 0 bridgehead atoms. The maximum Gasteiger partial charge on any atom is 0.277 e. The van der Waals surface area contributed by atoms with Crippen LogP contribution in [0.3, 0.4) is 0 Å². The predicted octanol–water partition coefficient (Wildman–Crippen LogP) is 2.39. The summed E-state index contributed by atoms with van der Waals surface area (Å²) in [6.45, 7) is 1.96. The number of carbonyl (C=O) groups is 1. The molecule has 1 amide bonds. The maximum absolute atomic E-state index is 12.3. The molecule has 0 radical (unpaired) electrons. The van der Waals surface area contributed by atoms with E-state index in [0.717, 1.165) is 17.1 Å². The van der Waals surface area contributed by atoms with Gasteiger partial charge in [-0.2, -0.15) is 0 Å². The zero-order valence-electron chi connectivity index (χ0n) is 13.8. The Morgan fingerprint density at radius 1 is 1.41 bits per heavy atom. The van der Waals surface area contributed by atoms with Gasteiger partial charge in [0.25, 0.3) is 5.91 Å². The number of likely N-dealkylation sites (N-methyl/N-ethyl adjacent to an activating group) is 1. The van der Waals surface area contributed by atoms with Crippen LogP contribution in [0.1, 0.15) is 18.9 Å². The van der Waals surface area contributed by atoms with Gasteiger partial charge in [0.2, 0.25) is 0 Å². The SMILES string of the molecule is COC(C)CC1=N/C(=C\c2cccc(N(C)C)c2)C(=O)N1C. The molecule has 0 saturated carbocycles. The zero-order chi connectivity index (χ0) is 16.3. The number of amides is 1. The van der Waals surface area contributed by atoms with Crippen LogP contribution in [0.4, 0.5) is 5.69 Å². The van der Waals surface area contributed by atoms with Crippen LogP contribution in [-0.4, -0.2) is 51.0 Å². The number of carbonyl (C=O) groups excluding carboxylic acids is 1. The zero-order valence-corrected chi connectivity index (χ0v) is 13.8. The molecule has 118 valence electrons. The first-order chi connectivity index (χ1) is 10.4. The second-order valence-electron chi connectivity index (χ2n) is 5.66. The third-order valence-electron chi connectivity index (χ3n) is 3.72. The van der Waals surface area contributed by atoms with E-state index in [1.165, 1.54) is 0 Å². The van der Waals surface area contributed by atoms with E-state index in [0.29, 0.717) is 12.1 Å². The number of aliphatic imine (C=N–C) groups is 1. The summed E-state index contributed by atoms with van der Waals surface area (Å²) in [4.78, 5) is 20.4. The van der Waals surface area contributed by atoms with Crippen molar-refractivity contribution >= 4 is 23.5 Å². The van der Waals surface area contributed by atoms with E-state index >= 15 is 0 Å². The molecule has 1 aliphatic rings. The smallest absolute Gasteiger partial charge is 0.277 e. The van der Waals surface area contributed by atoms with Gasteiger partial charge < -0.3 is 9.64 Å². The number of nitrogens with zero attached hydrogens (tertiary/aromatic N) is 3. The average molecular weight is 301 g/mol. The second-order valence-corrected chi connectivity index (χ2v) is 5.66. The van der Waals surface area contributed by atoms with Crippen LogP contribution in [-0.2, 0) is 9.53 Å². The van der Waals surface area contributed by atoms with Crippen molar-refractivity contribution in [2.75, 3.05) is 33.2 Å².